The van der Waals surface area contributed by atoms with E-state index in [1.54, 1.807) is 0 Å². The third-order valence-electron chi connectivity index (χ3n) is 3.87. The molecule has 0 radical (unpaired) electrons. The topological polar surface area (TPSA) is 52.6 Å². The van der Waals surface area contributed by atoms with E-state index < -0.39 is 0 Å². The molecule has 1 aromatic carbocycles. The SMILES string of the molecule is Cc1cccc(NC(=O)CN2CCC(CO)C2)c1C. The lowest BCUT2D eigenvalue weighted by Gasteiger charge is -2.16. The lowest BCUT2D eigenvalue weighted by molar-refractivity contribution is -0.117. The van der Waals surface area contributed by atoms with Gasteiger partial charge in [-0.2, -0.15) is 0 Å². The Morgan fingerprint density at radius 2 is 2.26 bits per heavy atom. The number of rotatable bonds is 4. The minimum Gasteiger partial charge on any atom is -0.396 e. The molecule has 104 valence electrons. The highest BCUT2D eigenvalue weighted by Crippen LogP contribution is 2.19. The summed E-state index contributed by atoms with van der Waals surface area (Å²) in [5.74, 6) is 0.348. The van der Waals surface area contributed by atoms with Crippen LogP contribution in [0.2, 0.25) is 0 Å². The van der Waals surface area contributed by atoms with E-state index in [4.69, 9.17) is 5.11 Å². The number of carbonyl (C=O) groups is 1. The minimum absolute atomic E-state index is 0.0206. The predicted octanol–water partition coefficient (Wildman–Crippen LogP) is 1.56. The van der Waals surface area contributed by atoms with Gasteiger partial charge in [0, 0.05) is 18.8 Å². The Hall–Kier alpha value is -1.39. The number of aliphatic hydroxyl groups excluding tert-OH is 1. The summed E-state index contributed by atoms with van der Waals surface area (Å²) in [4.78, 5) is 14.1. The van der Waals surface area contributed by atoms with Crippen LogP contribution in [-0.4, -0.2) is 42.2 Å². The van der Waals surface area contributed by atoms with Crippen LogP contribution in [-0.2, 0) is 4.79 Å². The van der Waals surface area contributed by atoms with Gasteiger partial charge in [0.15, 0.2) is 0 Å². The molecule has 1 saturated heterocycles. The molecule has 1 aromatic rings. The Labute approximate surface area is 114 Å². The Kier molecular flexibility index (Phi) is 4.56. The van der Waals surface area contributed by atoms with E-state index in [9.17, 15) is 4.79 Å². The van der Waals surface area contributed by atoms with Crippen LogP contribution in [0.15, 0.2) is 18.2 Å². The number of likely N-dealkylation sites (tertiary alicyclic amines) is 1. The highest BCUT2D eigenvalue weighted by Gasteiger charge is 2.23. The maximum Gasteiger partial charge on any atom is 0.238 e. The second kappa shape index (κ2) is 6.17. The van der Waals surface area contributed by atoms with Gasteiger partial charge in [-0.3, -0.25) is 9.69 Å². The number of nitrogens with zero attached hydrogens (tertiary/aromatic N) is 1. The average Bonchev–Trinajstić information content (AvgIpc) is 2.82. The number of aryl methyl sites for hydroxylation is 1. The van der Waals surface area contributed by atoms with Crippen LogP contribution in [0.4, 0.5) is 5.69 Å². The fourth-order valence-corrected chi connectivity index (χ4v) is 2.48. The standard InChI is InChI=1S/C15H22N2O2/c1-11-4-3-5-14(12(11)2)16-15(19)9-17-7-6-13(8-17)10-18/h3-5,13,18H,6-10H2,1-2H3,(H,16,19). The normalized spacial score (nSPS) is 19.6. The summed E-state index contributed by atoms with van der Waals surface area (Å²) in [6, 6.07) is 5.92. The maximum absolute atomic E-state index is 12.0. The molecule has 1 unspecified atom stereocenters. The highest BCUT2D eigenvalue weighted by molar-refractivity contribution is 5.93. The molecule has 0 aliphatic carbocycles. The van der Waals surface area contributed by atoms with E-state index in [-0.39, 0.29) is 12.5 Å². The van der Waals surface area contributed by atoms with Crippen LogP contribution in [0.1, 0.15) is 17.5 Å². The molecule has 2 N–H and O–H groups in total. The molecular weight excluding hydrogens is 240 g/mol. The summed E-state index contributed by atoms with van der Waals surface area (Å²) in [5.41, 5.74) is 3.19. The van der Waals surface area contributed by atoms with Crippen molar-refractivity contribution in [2.45, 2.75) is 20.3 Å². The molecule has 1 fully saturated rings. The molecule has 0 saturated carbocycles. The third kappa shape index (κ3) is 3.55. The van der Waals surface area contributed by atoms with E-state index in [2.05, 4.69) is 10.2 Å². The monoisotopic (exact) mass is 262 g/mol. The third-order valence-corrected chi connectivity index (χ3v) is 3.87. The van der Waals surface area contributed by atoms with E-state index >= 15 is 0 Å². The van der Waals surface area contributed by atoms with Gasteiger partial charge in [-0.05, 0) is 49.9 Å². The molecule has 0 spiro atoms. The predicted molar refractivity (Wildman–Crippen MR) is 76.2 cm³/mol. The largest absolute Gasteiger partial charge is 0.396 e. The van der Waals surface area contributed by atoms with E-state index in [1.807, 2.05) is 32.0 Å². The van der Waals surface area contributed by atoms with Crippen molar-refractivity contribution in [1.82, 2.24) is 4.90 Å². The number of anilines is 1. The number of hydrogen-bond acceptors (Lipinski definition) is 3. The van der Waals surface area contributed by atoms with Gasteiger partial charge in [-0.15, -0.1) is 0 Å². The van der Waals surface area contributed by atoms with Crippen LogP contribution in [0.3, 0.4) is 0 Å². The zero-order valence-corrected chi connectivity index (χ0v) is 11.6. The second-order valence-corrected chi connectivity index (χ2v) is 5.37. The highest BCUT2D eigenvalue weighted by atomic mass is 16.3. The van der Waals surface area contributed by atoms with Crippen LogP contribution < -0.4 is 5.32 Å². The molecule has 19 heavy (non-hydrogen) atoms. The number of nitrogens with one attached hydrogen (secondary N) is 1. The van der Waals surface area contributed by atoms with Crippen LogP contribution in [0.25, 0.3) is 0 Å². The first-order valence-corrected chi connectivity index (χ1v) is 6.79. The molecular formula is C15H22N2O2. The molecule has 1 atom stereocenters. The van der Waals surface area contributed by atoms with Crippen molar-refractivity contribution < 1.29 is 9.90 Å². The van der Waals surface area contributed by atoms with E-state index in [1.165, 1.54) is 5.56 Å². The van der Waals surface area contributed by atoms with E-state index in [0.29, 0.717) is 12.5 Å². The fraction of sp³-hybridized carbons (Fsp3) is 0.533. The maximum atomic E-state index is 12.0. The van der Waals surface area contributed by atoms with Crippen molar-refractivity contribution in [2.75, 3.05) is 31.6 Å². The second-order valence-electron chi connectivity index (χ2n) is 5.37. The quantitative estimate of drug-likeness (QED) is 0.865. The smallest absolute Gasteiger partial charge is 0.238 e. The molecule has 4 heteroatoms. The molecule has 2 rings (SSSR count). The van der Waals surface area contributed by atoms with Crippen molar-refractivity contribution in [2.24, 2.45) is 5.92 Å². The Morgan fingerprint density at radius 3 is 2.95 bits per heavy atom. The molecule has 1 amide bonds. The molecule has 0 bridgehead atoms. The summed E-state index contributed by atoms with van der Waals surface area (Å²) in [6.45, 7) is 6.39. The first kappa shape index (κ1) is 14.0. The van der Waals surface area contributed by atoms with Crippen LogP contribution >= 0.6 is 0 Å². The molecule has 4 nitrogen and oxygen atoms in total. The van der Waals surface area contributed by atoms with Gasteiger partial charge < -0.3 is 10.4 Å². The number of hydrogen-bond donors (Lipinski definition) is 2. The van der Waals surface area contributed by atoms with Crippen LogP contribution in [0.5, 0.6) is 0 Å². The zero-order valence-electron chi connectivity index (χ0n) is 11.6. The van der Waals surface area contributed by atoms with Gasteiger partial charge in [0.05, 0.1) is 6.54 Å². The van der Waals surface area contributed by atoms with Gasteiger partial charge in [0.1, 0.15) is 0 Å². The van der Waals surface area contributed by atoms with Gasteiger partial charge in [-0.1, -0.05) is 12.1 Å². The zero-order chi connectivity index (χ0) is 13.8. The summed E-state index contributed by atoms with van der Waals surface area (Å²) in [6.07, 6.45) is 0.979. The summed E-state index contributed by atoms with van der Waals surface area (Å²) in [7, 11) is 0. The summed E-state index contributed by atoms with van der Waals surface area (Å²) in [5, 5.41) is 12.1. The number of carbonyl (C=O) groups excluding carboxylic acids is 1. The Morgan fingerprint density at radius 1 is 1.47 bits per heavy atom. The summed E-state index contributed by atoms with van der Waals surface area (Å²) >= 11 is 0. The van der Waals surface area contributed by atoms with Crippen molar-refractivity contribution in [3.63, 3.8) is 0 Å². The molecule has 0 aromatic heterocycles. The van der Waals surface area contributed by atoms with Gasteiger partial charge in [0.25, 0.3) is 0 Å². The average molecular weight is 262 g/mol. The van der Waals surface area contributed by atoms with Crippen molar-refractivity contribution in [1.29, 1.82) is 0 Å². The van der Waals surface area contributed by atoms with Gasteiger partial charge in [-0.25, -0.2) is 0 Å². The van der Waals surface area contributed by atoms with Crippen molar-refractivity contribution >= 4 is 11.6 Å². The molecule has 1 heterocycles. The van der Waals surface area contributed by atoms with Gasteiger partial charge in [0.2, 0.25) is 5.91 Å². The Bertz CT molecular complexity index is 459. The van der Waals surface area contributed by atoms with Crippen molar-refractivity contribution in [3.05, 3.63) is 29.3 Å². The number of aliphatic hydroxyl groups is 1. The lowest BCUT2D eigenvalue weighted by atomic mass is 10.1. The van der Waals surface area contributed by atoms with E-state index in [0.717, 1.165) is 30.8 Å². The Balaban J connectivity index is 1.89. The van der Waals surface area contributed by atoms with Gasteiger partial charge >= 0.3 is 0 Å². The van der Waals surface area contributed by atoms with Crippen molar-refractivity contribution in [3.8, 4) is 0 Å². The first-order chi connectivity index (χ1) is 9.10. The molecule has 1 aliphatic rings. The first-order valence-electron chi connectivity index (χ1n) is 6.79. The lowest BCUT2D eigenvalue weighted by Crippen LogP contribution is -2.32. The minimum atomic E-state index is 0.0206. The fourth-order valence-electron chi connectivity index (χ4n) is 2.48. The number of amides is 1. The molecule has 1 aliphatic heterocycles. The van der Waals surface area contributed by atoms with Crippen LogP contribution in [0, 0.1) is 19.8 Å². The number of benzene rings is 1. The summed E-state index contributed by atoms with van der Waals surface area (Å²) < 4.78 is 0.